The normalized spacial score (nSPS) is 11.1. The molecule has 2 rings (SSSR count). The van der Waals surface area contributed by atoms with Crippen LogP contribution in [0.1, 0.15) is 22.8 Å². The second kappa shape index (κ2) is 5.01. The Balaban J connectivity index is 1.94. The predicted octanol–water partition coefficient (Wildman–Crippen LogP) is 2.08. The fourth-order valence-electron chi connectivity index (χ4n) is 1.68. The first kappa shape index (κ1) is 12.3. The molecule has 2 aromatic heterocycles. The number of hydrogen-bond donors (Lipinski definition) is 1. The van der Waals surface area contributed by atoms with Crippen molar-refractivity contribution in [1.82, 2.24) is 20.3 Å². The van der Waals surface area contributed by atoms with Crippen molar-refractivity contribution in [2.24, 2.45) is 7.05 Å². The van der Waals surface area contributed by atoms with Crippen LogP contribution < -0.4 is 5.32 Å². The molecule has 0 aliphatic heterocycles. The average Bonchev–Trinajstić information content (AvgIpc) is 2.78. The van der Waals surface area contributed by atoms with E-state index in [9.17, 15) is 0 Å². The summed E-state index contributed by atoms with van der Waals surface area (Å²) in [7, 11) is 1.94. The van der Waals surface area contributed by atoms with Gasteiger partial charge in [-0.3, -0.25) is 4.68 Å². The van der Waals surface area contributed by atoms with Gasteiger partial charge in [-0.2, -0.15) is 5.10 Å². The number of nitrogens with one attached hydrogen (secondary N) is 1. The van der Waals surface area contributed by atoms with E-state index in [0.29, 0.717) is 6.54 Å². The number of rotatable bonds is 4. The van der Waals surface area contributed by atoms with Crippen LogP contribution in [0.4, 0.5) is 0 Å². The summed E-state index contributed by atoms with van der Waals surface area (Å²) in [5, 5.41) is 11.6. The zero-order valence-corrected chi connectivity index (χ0v) is 11.7. The predicted molar refractivity (Wildman–Crippen MR) is 67.4 cm³/mol. The highest BCUT2D eigenvalue weighted by Crippen LogP contribution is 2.19. The van der Waals surface area contributed by atoms with E-state index in [1.54, 1.807) is 0 Å². The lowest BCUT2D eigenvalue weighted by molar-refractivity contribution is 0.388. The molecule has 0 aromatic carbocycles. The summed E-state index contributed by atoms with van der Waals surface area (Å²) in [4.78, 5) is 0. The molecule has 0 aliphatic carbocycles. The van der Waals surface area contributed by atoms with E-state index < -0.39 is 0 Å². The van der Waals surface area contributed by atoms with Gasteiger partial charge in [-0.15, -0.1) is 0 Å². The Morgan fingerprint density at radius 1 is 1.41 bits per heavy atom. The zero-order chi connectivity index (χ0) is 12.4. The molecular formula is C11H15BrN4O. The monoisotopic (exact) mass is 298 g/mol. The fourth-order valence-corrected chi connectivity index (χ4v) is 2.16. The van der Waals surface area contributed by atoms with Crippen LogP contribution in [0.5, 0.6) is 0 Å². The molecular weight excluding hydrogens is 284 g/mol. The molecule has 0 radical (unpaired) electrons. The summed E-state index contributed by atoms with van der Waals surface area (Å²) < 4.78 is 7.94. The Morgan fingerprint density at radius 3 is 2.71 bits per heavy atom. The van der Waals surface area contributed by atoms with Crippen LogP contribution in [0.15, 0.2) is 15.1 Å². The molecule has 0 amide bonds. The third kappa shape index (κ3) is 2.76. The molecule has 0 fully saturated rings. The fraction of sp³-hybridized carbons (Fsp3) is 0.455. The Labute approximate surface area is 108 Å². The second-order valence-electron chi connectivity index (χ2n) is 4.00. The van der Waals surface area contributed by atoms with Crippen molar-refractivity contribution in [2.75, 3.05) is 0 Å². The molecule has 2 heterocycles. The van der Waals surface area contributed by atoms with Crippen LogP contribution in [0, 0.1) is 13.8 Å². The van der Waals surface area contributed by atoms with Crippen molar-refractivity contribution in [2.45, 2.75) is 26.9 Å². The smallest absolute Gasteiger partial charge is 0.133 e. The third-order valence-corrected chi connectivity index (χ3v) is 3.57. The van der Waals surface area contributed by atoms with Crippen molar-refractivity contribution in [3.05, 3.63) is 33.4 Å². The van der Waals surface area contributed by atoms with Crippen molar-refractivity contribution >= 4 is 15.9 Å². The van der Waals surface area contributed by atoms with Gasteiger partial charge in [0, 0.05) is 26.2 Å². The van der Waals surface area contributed by atoms with Crippen LogP contribution in [-0.4, -0.2) is 14.9 Å². The lowest BCUT2D eigenvalue weighted by Crippen LogP contribution is -2.15. The highest BCUT2D eigenvalue weighted by Gasteiger charge is 2.10. The standard InChI is InChI=1S/C11H15BrN4O/c1-7-4-9(15-17-7)5-13-6-10-11(12)8(2)14-16(10)3/h4,13H,5-6H2,1-3H3. The van der Waals surface area contributed by atoms with Gasteiger partial charge in [0.25, 0.3) is 0 Å². The van der Waals surface area contributed by atoms with Gasteiger partial charge in [0.15, 0.2) is 0 Å². The Kier molecular flexibility index (Phi) is 3.63. The van der Waals surface area contributed by atoms with Gasteiger partial charge in [0.2, 0.25) is 0 Å². The Hall–Kier alpha value is -1.14. The maximum atomic E-state index is 5.00. The molecule has 17 heavy (non-hydrogen) atoms. The molecule has 0 bridgehead atoms. The van der Waals surface area contributed by atoms with Gasteiger partial charge in [0.1, 0.15) is 5.76 Å². The molecule has 5 nitrogen and oxygen atoms in total. The minimum absolute atomic E-state index is 0.688. The maximum Gasteiger partial charge on any atom is 0.133 e. The molecule has 0 spiro atoms. The first-order valence-electron chi connectivity index (χ1n) is 5.39. The third-order valence-electron chi connectivity index (χ3n) is 2.54. The van der Waals surface area contributed by atoms with Gasteiger partial charge in [0.05, 0.1) is 21.6 Å². The highest BCUT2D eigenvalue weighted by atomic mass is 79.9. The highest BCUT2D eigenvalue weighted by molar-refractivity contribution is 9.10. The number of nitrogens with zero attached hydrogens (tertiary/aromatic N) is 3. The molecule has 0 saturated heterocycles. The summed E-state index contributed by atoms with van der Waals surface area (Å²) in [5.41, 5.74) is 3.04. The molecule has 2 aromatic rings. The SMILES string of the molecule is Cc1cc(CNCc2c(Br)c(C)nn2C)no1. The van der Waals surface area contributed by atoms with E-state index in [-0.39, 0.29) is 0 Å². The lowest BCUT2D eigenvalue weighted by atomic mass is 10.3. The van der Waals surface area contributed by atoms with Gasteiger partial charge in [-0.05, 0) is 29.8 Å². The van der Waals surface area contributed by atoms with Gasteiger partial charge in [-0.25, -0.2) is 0 Å². The summed E-state index contributed by atoms with van der Waals surface area (Å²) in [6.45, 7) is 5.30. The summed E-state index contributed by atoms with van der Waals surface area (Å²) in [5.74, 6) is 0.833. The van der Waals surface area contributed by atoms with Crippen LogP contribution in [0.3, 0.4) is 0 Å². The zero-order valence-electron chi connectivity index (χ0n) is 10.1. The van der Waals surface area contributed by atoms with Gasteiger partial charge in [-0.1, -0.05) is 5.16 Å². The summed E-state index contributed by atoms with van der Waals surface area (Å²) in [6.07, 6.45) is 0. The van der Waals surface area contributed by atoms with E-state index >= 15 is 0 Å². The summed E-state index contributed by atoms with van der Waals surface area (Å²) in [6, 6.07) is 1.93. The van der Waals surface area contributed by atoms with Crippen molar-refractivity contribution in [3.8, 4) is 0 Å². The average molecular weight is 299 g/mol. The molecule has 0 unspecified atom stereocenters. The van der Waals surface area contributed by atoms with E-state index in [0.717, 1.165) is 33.9 Å². The molecule has 0 saturated carbocycles. The topological polar surface area (TPSA) is 55.9 Å². The first-order valence-corrected chi connectivity index (χ1v) is 6.18. The van der Waals surface area contributed by atoms with Crippen LogP contribution >= 0.6 is 15.9 Å². The van der Waals surface area contributed by atoms with Gasteiger partial charge < -0.3 is 9.84 Å². The van der Waals surface area contributed by atoms with Crippen LogP contribution in [0.2, 0.25) is 0 Å². The van der Waals surface area contributed by atoms with E-state index in [2.05, 4.69) is 31.5 Å². The van der Waals surface area contributed by atoms with E-state index in [1.165, 1.54) is 0 Å². The minimum Gasteiger partial charge on any atom is -0.361 e. The maximum absolute atomic E-state index is 5.00. The van der Waals surface area contributed by atoms with Crippen molar-refractivity contribution in [1.29, 1.82) is 0 Å². The minimum atomic E-state index is 0.688. The Bertz CT molecular complexity index is 518. The van der Waals surface area contributed by atoms with Crippen LogP contribution in [0.25, 0.3) is 0 Å². The van der Waals surface area contributed by atoms with Crippen LogP contribution in [-0.2, 0) is 20.1 Å². The molecule has 1 N–H and O–H groups in total. The molecule has 6 heteroatoms. The Morgan fingerprint density at radius 2 is 2.18 bits per heavy atom. The van der Waals surface area contributed by atoms with Crippen molar-refractivity contribution < 1.29 is 4.52 Å². The number of aromatic nitrogens is 3. The van der Waals surface area contributed by atoms with E-state index in [1.807, 2.05) is 31.6 Å². The quantitative estimate of drug-likeness (QED) is 0.939. The molecule has 92 valence electrons. The summed E-state index contributed by atoms with van der Waals surface area (Å²) >= 11 is 3.53. The largest absolute Gasteiger partial charge is 0.361 e. The molecule has 0 aliphatic rings. The van der Waals surface area contributed by atoms with E-state index in [4.69, 9.17) is 4.52 Å². The number of hydrogen-bond acceptors (Lipinski definition) is 4. The van der Waals surface area contributed by atoms with Gasteiger partial charge >= 0.3 is 0 Å². The van der Waals surface area contributed by atoms with Crippen molar-refractivity contribution in [3.63, 3.8) is 0 Å². The second-order valence-corrected chi connectivity index (χ2v) is 4.80. The number of halogens is 1. The lowest BCUT2D eigenvalue weighted by Gasteiger charge is -2.03. The first-order chi connectivity index (χ1) is 8.08. The number of aryl methyl sites for hydroxylation is 3. The molecule has 0 atom stereocenters.